The molecule has 3 rings (SSSR count). The van der Waals surface area contributed by atoms with Crippen molar-refractivity contribution in [3.63, 3.8) is 0 Å². The first kappa shape index (κ1) is 25.5. The van der Waals surface area contributed by atoms with E-state index in [1.165, 1.54) is 18.5 Å². The zero-order valence-electron chi connectivity index (χ0n) is 18.1. The standard InChI is InChI=1S/C21H33N5OS2.HI/c1-4-22-20(24-15-21(3,27)18-7-10-28-13-18)23-11-17-5-8-26(9-6-17)12-19-14-29-16(2)25-19;/h7,10,13-14,17,27H,4-6,8-9,11-12,15H2,1-3H3,(H2,22,23,24);1H. The SMILES string of the molecule is CCNC(=NCC(C)(O)c1ccsc1)NCC1CCN(Cc2csc(C)n2)CC1.I. The summed E-state index contributed by atoms with van der Waals surface area (Å²) in [5.41, 5.74) is 1.18. The lowest BCUT2D eigenvalue weighted by Gasteiger charge is -2.32. The number of piperidine rings is 1. The van der Waals surface area contributed by atoms with E-state index < -0.39 is 5.60 Å². The van der Waals surface area contributed by atoms with Crippen LogP contribution in [0.3, 0.4) is 0 Å². The summed E-state index contributed by atoms with van der Waals surface area (Å²) in [6.45, 7) is 11.2. The van der Waals surface area contributed by atoms with E-state index in [4.69, 9.17) is 0 Å². The quantitative estimate of drug-likeness (QED) is 0.259. The minimum atomic E-state index is -0.943. The van der Waals surface area contributed by atoms with Gasteiger partial charge in [0.25, 0.3) is 0 Å². The number of thiazole rings is 1. The van der Waals surface area contributed by atoms with Gasteiger partial charge < -0.3 is 15.7 Å². The van der Waals surface area contributed by atoms with E-state index >= 15 is 0 Å². The Balaban J connectivity index is 0.00000320. The lowest BCUT2D eigenvalue weighted by atomic mass is 9.97. The molecule has 30 heavy (non-hydrogen) atoms. The monoisotopic (exact) mass is 563 g/mol. The first-order valence-corrected chi connectivity index (χ1v) is 12.2. The summed E-state index contributed by atoms with van der Waals surface area (Å²) in [7, 11) is 0. The van der Waals surface area contributed by atoms with Crippen LogP contribution < -0.4 is 10.6 Å². The zero-order valence-corrected chi connectivity index (χ0v) is 22.0. The fourth-order valence-electron chi connectivity index (χ4n) is 3.54. The fourth-order valence-corrected chi connectivity index (χ4v) is 4.92. The van der Waals surface area contributed by atoms with Crippen molar-refractivity contribution < 1.29 is 5.11 Å². The third kappa shape index (κ3) is 7.74. The molecule has 1 atom stereocenters. The smallest absolute Gasteiger partial charge is 0.191 e. The maximum absolute atomic E-state index is 10.7. The van der Waals surface area contributed by atoms with Crippen LogP contribution >= 0.6 is 46.7 Å². The minimum Gasteiger partial charge on any atom is -0.383 e. The maximum atomic E-state index is 10.7. The molecule has 6 nitrogen and oxygen atoms in total. The number of likely N-dealkylation sites (tertiary alicyclic amines) is 1. The number of halogens is 1. The number of hydrogen-bond acceptors (Lipinski definition) is 6. The molecular formula is C21H34IN5OS2. The number of nitrogens with one attached hydrogen (secondary N) is 2. The number of aryl methyl sites for hydroxylation is 1. The van der Waals surface area contributed by atoms with Gasteiger partial charge in [-0.25, -0.2) is 9.98 Å². The molecule has 9 heteroatoms. The van der Waals surface area contributed by atoms with Crippen LogP contribution in [0, 0.1) is 12.8 Å². The summed E-state index contributed by atoms with van der Waals surface area (Å²) in [5, 5.41) is 24.8. The van der Waals surface area contributed by atoms with E-state index in [0.717, 1.165) is 49.3 Å². The molecular weight excluding hydrogens is 529 g/mol. The summed E-state index contributed by atoms with van der Waals surface area (Å²) in [6, 6.07) is 1.96. The van der Waals surface area contributed by atoms with Crippen LogP contribution in [-0.4, -0.2) is 53.7 Å². The largest absolute Gasteiger partial charge is 0.383 e. The highest BCUT2D eigenvalue weighted by Crippen LogP contribution is 2.23. The van der Waals surface area contributed by atoms with Crippen LogP contribution in [0.5, 0.6) is 0 Å². The second-order valence-corrected chi connectivity index (χ2v) is 9.78. The molecule has 168 valence electrons. The molecule has 0 saturated carbocycles. The molecule has 0 bridgehead atoms. The van der Waals surface area contributed by atoms with Gasteiger partial charge in [0.15, 0.2) is 5.96 Å². The number of aromatic nitrogens is 1. The summed E-state index contributed by atoms with van der Waals surface area (Å²) >= 11 is 3.32. The molecule has 3 heterocycles. The van der Waals surface area contributed by atoms with Crippen molar-refractivity contribution in [2.24, 2.45) is 10.9 Å². The van der Waals surface area contributed by atoms with Crippen molar-refractivity contribution >= 4 is 52.6 Å². The Morgan fingerprint density at radius 2 is 2.10 bits per heavy atom. The zero-order chi connectivity index (χ0) is 20.7. The minimum absolute atomic E-state index is 0. The predicted octanol–water partition coefficient (Wildman–Crippen LogP) is 3.81. The Kier molecular flexibility index (Phi) is 10.5. The van der Waals surface area contributed by atoms with Crippen LogP contribution in [0.25, 0.3) is 0 Å². The second kappa shape index (κ2) is 12.3. The van der Waals surface area contributed by atoms with Gasteiger partial charge in [0.1, 0.15) is 5.60 Å². The van der Waals surface area contributed by atoms with Gasteiger partial charge in [0, 0.05) is 25.0 Å². The third-order valence-electron chi connectivity index (χ3n) is 5.35. The molecule has 2 aromatic heterocycles. The number of hydrogen-bond donors (Lipinski definition) is 3. The van der Waals surface area contributed by atoms with Crippen molar-refractivity contribution in [3.05, 3.63) is 38.5 Å². The van der Waals surface area contributed by atoms with Gasteiger partial charge in [-0.15, -0.1) is 35.3 Å². The lowest BCUT2D eigenvalue weighted by Crippen LogP contribution is -2.43. The van der Waals surface area contributed by atoms with Crippen LogP contribution in [-0.2, 0) is 12.1 Å². The van der Waals surface area contributed by atoms with Crippen LogP contribution in [0.15, 0.2) is 27.2 Å². The number of aliphatic hydroxyl groups is 1. The predicted molar refractivity (Wildman–Crippen MR) is 138 cm³/mol. The van der Waals surface area contributed by atoms with Crippen LogP contribution in [0.1, 0.15) is 43.0 Å². The van der Waals surface area contributed by atoms with E-state index in [2.05, 4.69) is 44.7 Å². The normalized spacial score (nSPS) is 17.9. The summed E-state index contributed by atoms with van der Waals surface area (Å²) in [4.78, 5) is 11.7. The summed E-state index contributed by atoms with van der Waals surface area (Å²) < 4.78 is 0. The topological polar surface area (TPSA) is 72.8 Å². The van der Waals surface area contributed by atoms with E-state index in [9.17, 15) is 5.11 Å². The average Bonchev–Trinajstić information content (AvgIpc) is 3.38. The van der Waals surface area contributed by atoms with Crippen molar-refractivity contribution in [2.75, 3.05) is 32.7 Å². The first-order valence-electron chi connectivity index (χ1n) is 10.4. The van der Waals surface area contributed by atoms with E-state index in [0.29, 0.717) is 12.5 Å². The highest BCUT2D eigenvalue weighted by molar-refractivity contribution is 14.0. The molecule has 1 aliphatic heterocycles. The molecule has 0 spiro atoms. The molecule has 1 fully saturated rings. The molecule has 0 aliphatic carbocycles. The molecule has 0 amide bonds. The molecule has 0 aromatic carbocycles. The molecule has 1 aliphatic rings. The number of aliphatic imine (C=N–C) groups is 1. The first-order chi connectivity index (χ1) is 14.0. The summed E-state index contributed by atoms with van der Waals surface area (Å²) in [6.07, 6.45) is 2.37. The van der Waals surface area contributed by atoms with Gasteiger partial charge in [-0.05, 0) is 75.0 Å². The highest BCUT2D eigenvalue weighted by Gasteiger charge is 2.24. The van der Waals surface area contributed by atoms with Crippen molar-refractivity contribution in [3.8, 4) is 0 Å². The second-order valence-electron chi connectivity index (χ2n) is 7.94. The molecule has 1 unspecified atom stereocenters. The Labute approximate surface area is 205 Å². The third-order valence-corrected chi connectivity index (χ3v) is 6.86. The van der Waals surface area contributed by atoms with Crippen LogP contribution in [0.2, 0.25) is 0 Å². The van der Waals surface area contributed by atoms with E-state index in [1.54, 1.807) is 22.7 Å². The van der Waals surface area contributed by atoms with Gasteiger partial charge in [0.05, 0.1) is 17.2 Å². The number of thiophene rings is 1. The summed E-state index contributed by atoms with van der Waals surface area (Å²) in [5.74, 6) is 1.42. The molecule has 0 radical (unpaired) electrons. The van der Waals surface area contributed by atoms with Gasteiger partial charge in [-0.3, -0.25) is 4.90 Å². The number of nitrogens with zero attached hydrogens (tertiary/aromatic N) is 3. The lowest BCUT2D eigenvalue weighted by molar-refractivity contribution is 0.0677. The van der Waals surface area contributed by atoms with Crippen molar-refractivity contribution in [2.45, 2.75) is 45.8 Å². The van der Waals surface area contributed by atoms with E-state index in [-0.39, 0.29) is 24.0 Å². The number of guanidine groups is 1. The molecule has 3 N–H and O–H groups in total. The number of rotatable bonds is 8. The van der Waals surface area contributed by atoms with Gasteiger partial charge in [-0.1, -0.05) is 0 Å². The average molecular weight is 564 g/mol. The maximum Gasteiger partial charge on any atom is 0.191 e. The van der Waals surface area contributed by atoms with Gasteiger partial charge >= 0.3 is 0 Å². The fraction of sp³-hybridized carbons (Fsp3) is 0.619. The highest BCUT2D eigenvalue weighted by atomic mass is 127. The van der Waals surface area contributed by atoms with Gasteiger partial charge in [-0.2, -0.15) is 11.3 Å². The van der Waals surface area contributed by atoms with Gasteiger partial charge in [0.2, 0.25) is 0 Å². The van der Waals surface area contributed by atoms with Crippen LogP contribution in [0.4, 0.5) is 0 Å². The van der Waals surface area contributed by atoms with E-state index in [1.807, 2.05) is 23.8 Å². The van der Waals surface area contributed by atoms with Crippen molar-refractivity contribution in [1.82, 2.24) is 20.5 Å². The Hall–Kier alpha value is -0.750. The van der Waals surface area contributed by atoms with Crippen molar-refractivity contribution in [1.29, 1.82) is 0 Å². The Morgan fingerprint density at radius 1 is 1.33 bits per heavy atom. The Bertz CT molecular complexity index is 770. The Morgan fingerprint density at radius 3 is 2.70 bits per heavy atom. The molecule has 1 saturated heterocycles. The molecule has 2 aromatic rings.